The number of ether oxygens (including phenoxy) is 1. The van der Waals surface area contributed by atoms with E-state index in [1.165, 1.54) is 18.5 Å². The Morgan fingerprint density at radius 3 is 2.69 bits per heavy atom. The van der Waals surface area contributed by atoms with Crippen LogP contribution in [0.25, 0.3) is 0 Å². The van der Waals surface area contributed by atoms with E-state index in [1.807, 2.05) is 0 Å². The maximum Gasteiger partial charge on any atom is 0.573 e. The first-order valence-electron chi connectivity index (χ1n) is 3.27. The van der Waals surface area contributed by atoms with Crippen LogP contribution in [0.2, 0.25) is 0 Å². The van der Waals surface area contributed by atoms with E-state index >= 15 is 0 Å². The van der Waals surface area contributed by atoms with Crippen LogP contribution < -0.4 is 4.74 Å². The smallest absolute Gasteiger partial charge is 0.405 e. The average Bonchev–Trinajstić information content (AvgIpc) is 2.02. The van der Waals surface area contributed by atoms with Crippen molar-refractivity contribution in [3.8, 4) is 5.75 Å². The van der Waals surface area contributed by atoms with E-state index < -0.39 is 6.36 Å². The monoisotopic (exact) mass is 255 g/mol. The Labute approximate surface area is 80.9 Å². The molecule has 0 atom stereocenters. The molecular formula is C7H5BrF3NO. The minimum atomic E-state index is -4.65. The van der Waals surface area contributed by atoms with Crippen LogP contribution in [0.4, 0.5) is 13.2 Å². The minimum absolute atomic E-state index is 0.223. The number of hydrogen-bond donors (Lipinski definition) is 0. The van der Waals surface area contributed by atoms with Crippen molar-refractivity contribution in [2.45, 2.75) is 11.7 Å². The van der Waals surface area contributed by atoms with E-state index in [0.717, 1.165) is 0 Å². The van der Waals surface area contributed by atoms with Crippen LogP contribution in [0.5, 0.6) is 5.75 Å². The Morgan fingerprint density at radius 1 is 1.46 bits per heavy atom. The van der Waals surface area contributed by atoms with Crippen molar-refractivity contribution in [2.75, 3.05) is 0 Å². The molecule has 0 aliphatic carbocycles. The molecule has 1 rings (SSSR count). The van der Waals surface area contributed by atoms with Gasteiger partial charge < -0.3 is 4.74 Å². The molecule has 0 saturated carbocycles. The van der Waals surface area contributed by atoms with E-state index in [-0.39, 0.29) is 11.1 Å². The highest BCUT2D eigenvalue weighted by Crippen LogP contribution is 2.26. The highest BCUT2D eigenvalue weighted by Gasteiger charge is 2.31. The third-order valence-corrected chi connectivity index (χ3v) is 1.83. The Balaban J connectivity index is 2.87. The van der Waals surface area contributed by atoms with Crippen molar-refractivity contribution in [3.05, 3.63) is 24.0 Å². The fraction of sp³-hybridized carbons (Fsp3) is 0.286. The SMILES string of the molecule is FC(F)(F)Oc1ccncc1CBr. The van der Waals surface area contributed by atoms with Crippen molar-refractivity contribution >= 4 is 15.9 Å². The van der Waals surface area contributed by atoms with E-state index in [4.69, 9.17) is 0 Å². The first kappa shape index (κ1) is 10.3. The van der Waals surface area contributed by atoms with E-state index in [0.29, 0.717) is 5.56 Å². The largest absolute Gasteiger partial charge is 0.573 e. The maximum atomic E-state index is 11.8. The molecule has 0 aromatic carbocycles. The molecule has 1 aromatic rings. The highest BCUT2D eigenvalue weighted by molar-refractivity contribution is 9.08. The molecule has 0 radical (unpaired) electrons. The summed E-state index contributed by atoms with van der Waals surface area (Å²) in [4.78, 5) is 3.67. The quantitative estimate of drug-likeness (QED) is 0.759. The molecular weight excluding hydrogens is 251 g/mol. The lowest BCUT2D eigenvalue weighted by atomic mass is 10.3. The van der Waals surface area contributed by atoms with Gasteiger partial charge in [0.2, 0.25) is 0 Å². The van der Waals surface area contributed by atoms with Gasteiger partial charge in [0, 0.05) is 23.3 Å². The van der Waals surface area contributed by atoms with Gasteiger partial charge in [-0.25, -0.2) is 0 Å². The average molecular weight is 256 g/mol. The zero-order valence-corrected chi connectivity index (χ0v) is 7.89. The Kier molecular flexibility index (Phi) is 3.13. The lowest BCUT2D eigenvalue weighted by Gasteiger charge is -2.10. The molecule has 2 nitrogen and oxygen atoms in total. The van der Waals surface area contributed by atoms with E-state index in [2.05, 4.69) is 25.7 Å². The molecule has 72 valence electrons. The Bertz CT molecular complexity index is 289. The summed E-state index contributed by atoms with van der Waals surface area (Å²) in [5.74, 6) is -0.223. The molecule has 0 aliphatic heterocycles. The van der Waals surface area contributed by atoms with Gasteiger partial charge in [0.15, 0.2) is 0 Å². The number of aromatic nitrogens is 1. The first-order valence-corrected chi connectivity index (χ1v) is 4.39. The van der Waals surface area contributed by atoms with Crippen LogP contribution >= 0.6 is 15.9 Å². The van der Waals surface area contributed by atoms with Gasteiger partial charge in [-0.15, -0.1) is 13.2 Å². The molecule has 0 saturated heterocycles. The Hall–Kier alpha value is -0.780. The van der Waals surface area contributed by atoms with Crippen LogP contribution in [-0.4, -0.2) is 11.3 Å². The van der Waals surface area contributed by atoms with Crippen LogP contribution in [0.15, 0.2) is 18.5 Å². The number of alkyl halides is 4. The number of pyridine rings is 1. The first-order chi connectivity index (χ1) is 6.03. The molecule has 6 heteroatoms. The van der Waals surface area contributed by atoms with Gasteiger partial charge in [-0.1, -0.05) is 15.9 Å². The molecule has 0 N–H and O–H groups in total. The molecule has 0 aliphatic rings. The molecule has 0 fully saturated rings. The van der Waals surface area contributed by atoms with Crippen molar-refractivity contribution in [2.24, 2.45) is 0 Å². The fourth-order valence-electron chi connectivity index (χ4n) is 0.739. The predicted molar refractivity (Wildman–Crippen MR) is 43.6 cm³/mol. The highest BCUT2D eigenvalue weighted by atomic mass is 79.9. The second kappa shape index (κ2) is 3.95. The minimum Gasteiger partial charge on any atom is -0.405 e. The second-order valence-electron chi connectivity index (χ2n) is 2.16. The van der Waals surface area contributed by atoms with Gasteiger partial charge in [-0.2, -0.15) is 0 Å². The zero-order valence-electron chi connectivity index (χ0n) is 6.31. The summed E-state index contributed by atoms with van der Waals surface area (Å²) in [6, 6.07) is 1.17. The summed E-state index contributed by atoms with van der Waals surface area (Å²) in [7, 11) is 0. The van der Waals surface area contributed by atoms with E-state index in [9.17, 15) is 13.2 Å². The van der Waals surface area contributed by atoms with Crippen LogP contribution in [0.3, 0.4) is 0 Å². The maximum absolute atomic E-state index is 11.8. The van der Waals surface area contributed by atoms with Crippen molar-refractivity contribution in [3.63, 3.8) is 0 Å². The molecule has 0 amide bonds. The summed E-state index contributed by atoms with van der Waals surface area (Å²) in [5.41, 5.74) is 0.361. The number of nitrogens with zero attached hydrogens (tertiary/aromatic N) is 1. The van der Waals surface area contributed by atoms with Crippen LogP contribution in [0.1, 0.15) is 5.56 Å². The summed E-state index contributed by atoms with van der Waals surface area (Å²) < 4.78 is 39.2. The predicted octanol–water partition coefficient (Wildman–Crippen LogP) is 2.88. The molecule has 0 unspecified atom stereocenters. The zero-order chi connectivity index (χ0) is 9.90. The Morgan fingerprint density at radius 2 is 2.15 bits per heavy atom. The van der Waals surface area contributed by atoms with Crippen molar-refractivity contribution in [1.82, 2.24) is 4.98 Å². The molecule has 13 heavy (non-hydrogen) atoms. The van der Waals surface area contributed by atoms with Crippen molar-refractivity contribution < 1.29 is 17.9 Å². The molecule has 0 bridgehead atoms. The second-order valence-corrected chi connectivity index (χ2v) is 2.73. The summed E-state index contributed by atoms with van der Waals surface area (Å²) >= 11 is 3.03. The van der Waals surface area contributed by atoms with Crippen molar-refractivity contribution in [1.29, 1.82) is 0 Å². The van der Waals surface area contributed by atoms with E-state index in [1.54, 1.807) is 0 Å². The van der Waals surface area contributed by atoms with Gasteiger partial charge in [-0.05, 0) is 6.07 Å². The van der Waals surface area contributed by atoms with Gasteiger partial charge in [0.1, 0.15) is 5.75 Å². The molecule has 0 spiro atoms. The van der Waals surface area contributed by atoms with Gasteiger partial charge >= 0.3 is 6.36 Å². The lowest BCUT2D eigenvalue weighted by molar-refractivity contribution is -0.274. The number of halogens is 4. The fourth-order valence-corrected chi connectivity index (χ4v) is 1.16. The van der Waals surface area contributed by atoms with Gasteiger partial charge in [-0.3, -0.25) is 4.98 Å². The summed E-state index contributed by atoms with van der Waals surface area (Å²) in [6.07, 6.45) is -2.10. The van der Waals surface area contributed by atoms with Crippen LogP contribution in [-0.2, 0) is 5.33 Å². The normalized spacial score (nSPS) is 11.4. The van der Waals surface area contributed by atoms with Gasteiger partial charge in [0.05, 0.1) is 0 Å². The number of hydrogen-bond acceptors (Lipinski definition) is 2. The molecule has 1 heterocycles. The summed E-state index contributed by atoms with van der Waals surface area (Å²) in [5, 5.41) is 0.270. The topological polar surface area (TPSA) is 22.1 Å². The van der Waals surface area contributed by atoms with Gasteiger partial charge in [0.25, 0.3) is 0 Å². The summed E-state index contributed by atoms with van der Waals surface area (Å²) in [6.45, 7) is 0. The standard InChI is InChI=1S/C7H5BrF3NO/c8-3-5-4-12-2-1-6(5)13-7(9,10)11/h1-2,4H,3H2. The third kappa shape index (κ3) is 3.22. The lowest BCUT2D eigenvalue weighted by Crippen LogP contribution is -2.18. The number of rotatable bonds is 2. The molecule has 1 aromatic heterocycles. The van der Waals surface area contributed by atoms with Crippen LogP contribution in [0, 0.1) is 0 Å². The third-order valence-electron chi connectivity index (χ3n) is 1.23.